The average Bonchev–Trinajstić information content (AvgIpc) is 3.17. The lowest BCUT2D eigenvalue weighted by Gasteiger charge is -2.32. The molecule has 0 aliphatic carbocycles. The number of aromatic nitrogens is 2. The summed E-state index contributed by atoms with van der Waals surface area (Å²) in [7, 11) is 0. The van der Waals surface area contributed by atoms with Crippen LogP contribution < -0.4 is 10.6 Å². The Labute approximate surface area is 163 Å². The summed E-state index contributed by atoms with van der Waals surface area (Å²) in [5.41, 5.74) is 1.03. The van der Waals surface area contributed by atoms with E-state index in [-0.39, 0.29) is 17.8 Å². The molecule has 0 saturated carbocycles. The molecule has 28 heavy (non-hydrogen) atoms. The monoisotopic (exact) mass is 387 g/mol. The van der Waals surface area contributed by atoms with Gasteiger partial charge < -0.3 is 15.5 Å². The van der Waals surface area contributed by atoms with Gasteiger partial charge in [-0.2, -0.15) is 5.10 Å². The van der Waals surface area contributed by atoms with E-state index in [1.807, 2.05) is 6.92 Å². The predicted molar refractivity (Wildman–Crippen MR) is 105 cm³/mol. The molecule has 1 aliphatic heterocycles. The lowest BCUT2D eigenvalue weighted by atomic mass is 9.93. The zero-order valence-electron chi connectivity index (χ0n) is 16.0. The second-order valence-electron chi connectivity index (χ2n) is 6.95. The van der Waals surface area contributed by atoms with Crippen LogP contribution in [0.5, 0.6) is 0 Å². The summed E-state index contributed by atoms with van der Waals surface area (Å²) >= 11 is 0. The zero-order valence-corrected chi connectivity index (χ0v) is 16.0. The molecular weight excluding hydrogens is 361 g/mol. The number of hydrogen-bond acceptors (Lipinski definition) is 3. The molecule has 3 amide bonds. The van der Waals surface area contributed by atoms with Crippen molar-refractivity contribution in [3.05, 3.63) is 48.0 Å². The molecule has 1 aromatic heterocycles. The minimum Gasteiger partial charge on any atom is -0.351 e. The Morgan fingerprint density at radius 1 is 1.25 bits per heavy atom. The van der Waals surface area contributed by atoms with Crippen LogP contribution in [-0.4, -0.2) is 46.3 Å². The Balaban J connectivity index is 1.38. The van der Waals surface area contributed by atoms with Gasteiger partial charge in [0.25, 0.3) is 5.91 Å². The van der Waals surface area contributed by atoms with Gasteiger partial charge in [-0.3, -0.25) is 9.48 Å². The molecule has 1 saturated heterocycles. The van der Waals surface area contributed by atoms with Gasteiger partial charge in [0.05, 0.1) is 0 Å². The first kappa shape index (κ1) is 19.9. The number of likely N-dealkylation sites (tertiary alicyclic amines) is 1. The van der Waals surface area contributed by atoms with Gasteiger partial charge in [0.1, 0.15) is 11.5 Å². The van der Waals surface area contributed by atoms with Gasteiger partial charge in [0.15, 0.2) is 0 Å². The SMILES string of the molecule is CCn1nccc1C(=O)NCCC1CCN(C(=O)Nc2cccc(F)c2)CC1. The highest BCUT2D eigenvalue weighted by Crippen LogP contribution is 2.21. The normalized spacial score (nSPS) is 14.7. The van der Waals surface area contributed by atoms with Gasteiger partial charge in [0.2, 0.25) is 0 Å². The third-order valence-electron chi connectivity index (χ3n) is 5.06. The molecule has 3 rings (SSSR count). The van der Waals surface area contributed by atoms with Crippen molar-refractivity contribution in [2.75, 3.05) is 25.0 Å². The van der Waals surface area contributed by atoms with E-state index in [0.717, 1.165) is 19.3 Å². The molecule has 0 spiro atoms. The summed E-state index contributed by atoms with van der Waals surface area (Å²) in [6, 6.07) is 7.40. The Bertz CT molecular complexity index is 814. The third kappa shape index (κ3) is 5.09. The first-order valence-electron chi connectivity index (χ1n) is 9.68. The number of rotatable bonds is 6. The number of amides is 3. The second-order valence-corrected chi connectivity index (χ2v) is 6.95. The maximum atomic E-state index is 13.2. The molecule has 7 nitrogen and oxygen atoms in total. The molecule has 0 atom stereocenters. The summed E-state index contributed by atoms with van der Waals surface area (Å²) in [6.07, 6.45) is 4.28. The summed E-state index contributed by atoms with van der Waals surface area (Å²) in [5, 5.41) is 9.79. The number of halogens is 1. The highest BCUT2D eigenvalue weighted by atomic mass is 19.1. The minimum absolute atomic E-state index is 0.105. The maximum Gasteiger partial charge on any atom is 0.321 e. The number of benzene rings is 1. The molecule has 2 N–H and O–H groups in total. The molecule has 2 aromatic rings. The van der Waals surface area contributed by atoms with Crippen molar-refractivity contribution in [3.63, 3.8) is 0 Å². The Morgan fingerprint density at radius 3 is 2.75 bits per heavy atom. The summed E-state index contributed by atoms with van der Waals surface area (Å²) in [5.74, 6) is -0.0126. The van der Waals surface area contributed by atoms with Gasteiger partial charge in [-0.25, -0.2) is 9.18 Å². The number of nitrogens with zero attached hydrogens (tertiary/aromatic N) is 3. The molecule has 0 unspecified atom stereocenters. The van der Waals surface area contributed by atoms with Crippen molar-refractivity contribution < 1.29 is 14.0 Å². The van der Waals surface area contributed by atoms with E-state index in [1.54, 1.807) is 34.0 Å². The van der Waals surface area contributed by atoms with Crippen molar-refractivity contribution in [2.45, 2.75) is 32.7 Å². The highest BCUT2D eigenvalue weighted by Gasteiger charge is 2.23. The van der Waals surface area contributed by atoms with Crippen LogP contribution in [0.3, 0.4) is 0 Å². The molecule has 1 fully saturated rings. The van der Waals surface area contributed by atoms with E-state index < -0.39 is 0 Å². The van der Waals surface area contributed by atoms with Crippen molar-refractivity contribution in [3.8, 4) is 0 Å². The lowest BCUT2D eigenvalue weighted by Crippen LogP contribution is -2.41. The van der Waals surface area contributed by atoms with Crippen LogP contribution in [0, 0.1) is 11.7 Å². The fraction of sp³-hybridized carbons (Fsp3) is 0.450. The number of anilines is 1. The molecule has 1 aromatic carbocycles. The Hall–Kier alpha value is -2.90. The number of carbonyl (C=O) groups excluding carboxylic acids is 2. The van der Waals surface area contributed by atoms with E-state index in [2.05, 4.69) is 15.7 Å². The molecule has 8 heteroatoms. The van der Waals surface area contributed by atoms with Crippen LogP contribution in [0.2, 0.25) is 0 Å². The van der Waals surface area contributed by atoms with Crippen molar-refractivity contribution >= 4 is 17.6 Å². The van der Waals surface area contributed by atoms with Gasteiger partial charge in [-0.1, -0.05) is 6.07 Å². The van der Waals surface area contributed by atoms with Crippen molar-refractivity contribution in [1.29, 1.82) is 0 Å². The first-order chi connectivity index (χ1) is 13.6. The molecule has 0 radical (unpaired) electrons. The summed E-state index contributed by atoms with van der Waals surface area (Å²) in [4.78, 5) is 26.3. The fourth-order valence-electron chi connectivity index (χ4n) is 3.45. The lowest BCUT2D eigenvalue weighted by molar-refractivity contribution is 0.0939. The largest absolute Gasteiger partial charge is 0.351 e. The van der Waals surface area contributed by atoms with Crippen molar-refractivity contribution in [2.24, 2.45) is 5.92 Å². The molecule has 150 valence electrons. The van der Waals surface area contributed by atoms with E-state index in [4.69, 9.17) is 0 Å². The minimum atomic E-state index is -0.374. The highest BCUT2D eigenvalue weighted by molar-refractivity contribution is 5.92. The maximum absolute atomic E-state index is 13.2. The van der Waals surface area contributed by atoms with Gasteiger partial charge in [0, 0.05) is 38.1 Å². The Kier molecular flexibility index (Phi) is 6.62. The van der Waals surface area contributed by atoms with Crippen LogP contribution in [0.15, 0.2) is 36.5 Å². The number of aryl methyl sites for hydroxylation is 1. The van der Waals surface area contributed by atoms with Crippen molar-refractivity contribution in [1.82, 2.24) is 20.0 Å². The van der Waals surface area contributed by atoms with Crippen LogP contribution in [0.25, 0.3) is 0 Å². The summed E-state index contributed by atoms with van der Waals surface area (Å²) < 4.78 is 14.9. The van der Waals surface area contributed by atoms with E-state index in [9.17, 15) is 14.0 Å². The number of carbonyl (C=O) groups is 2. The standard InChI is InChI=1S/C20H26FN5O2/c1-2-26-18(7-11-23-26)19(27)22-10-6-15-8-12-25(13-9-15)20(28)24-17-5-3-4-16(21)14-17/h3-5,7,11,14-15H,2,6,8-10,12-13H2,1H3,(H,22,27)(H,24,28). The molecule has 2 heterocycles. The van der Waals surface area contributed by atoms with E-state index in [1.165, 1.54) is 12.1 Å². The number of hydrogen-bond donors (Lipinski definition) is 2. The fourth-order valence-corrected chi connectivity index (χ4v) is 3.45. The summed E-state index contributed by atoms with van der Waals surface area (Å²) in [6.45, 7) is 4.52. The average molecular weight is 387 g/mol. The number of piperidine rings is 1. The van der Waals surface area contributed by atoms with Gasteiger partial charge in [-0.15, -0.1) is 0 Å². The van der Waals surface area contributed by atoms with E-state index >= 15 is 0 Å². The van der Waals surface area contributed by atoms with Gasteiger partial charge in [-0.05, 0) is 56.4 Å². The predicted octanol–water partition coefficient (Wildman–Crippen LogP) is 3.11. The Morgan fingerprint density at radius 2 is 2.04 bits per heavy atom. The van der Waals surface area contributed by atoms with Crippen LogP contribution >= 0.6 is 0 Å². The number of nitrogens with one attached hydrogen (secondary N) is 2. The van der Waals surface area contributed by atoms with Crippen LogP contribution in [-0.2, 0) is 6.54 Å². The first-order valence-corrected chi connectivity index (χ1v) is 9.68. The van der Waals surface area contributed by atoms with Gasteiger partial charge >= 0.3 is 6.03 Å². The zero-order chi connectivity index (χ0) is 19.9. The van der Waals surface area contributed by atoms with E-state index in [0.29, 0.717) is 43.5 Å². The topological polar surface area (TPSA) is 79.3 Å². The molecular formula is C20H26FN5O2. The van der Waals surface area contributed by atoms with Crippen LogP contribution in [0.1, 0.15) is 36.7 Å². The quantitative estimate of drug-likeness (QED) is 0.799. The molecule has 1 aliphatic rings. The smallest absolute Gasteiger partial charge is 0.321 e. The molecule has 0 bridgehead atoms. The van der Waals surface area contributed by atoms with Crippen LogP contribution in [0.4, 0.5) is 14.9 Å². The second kappa shape index (κ2) is 9.34. The number of urea groups is 1. The third-order valence-corrected chi connectivity index (χ3v) is 5.06.